The van der Waals surface area contributed by atoms with Gasteiger partial charge in [0, 0.05) is 38.2 Å². The first-order valence-corrected chi connectivity index (χ1v) is 9.78. The third-order valence-corrected chi connectivity index (χ3v) is 5.54. The van der Waals surface area contributed by atoms with Gasteiger partial charge in [-0.1, -0.05) is 41.3 Å². The summed E-state index contributed by atoms with van der Waals surface area (Å²) < 4.78 is 1.26. The molecular formula is C22H14IrN2S2-2. The van der Waals surface area contributed by atoms with Gasteiger partial charge in [-0.05, 0) is 27.4 Å². The molecule has 0 aliphatic carbocycles. The van der Waals surface area contributed by atoms with E-state index in [1.807, 2.05) is 60.1 Å². The van der Waals surface area contributed by atoms with Crippen molar-refractivity contribution < 1.29 is 20.1 Å². The molecule has 0 amide bonds. The minimum atomic E-state index is 0. The van der Waals surface area contributed by atoms with Gasteiger partial charge in [0.2, 0.25) is 0 Å². The molecule has 0 saturated heterocycles. The van der Waals surface area contributed by atoms with Gasteiger partial charge in [-0.25, -0.2) is 22.7 Å². The second-order valence-electron chi connectivity index (χ2n) is 5.38. The molecule has 4 aromatic heterocycles. The molecule has 0 unspecified atom stereocenters. The van der Waals surface area contributed by atoms with Gasteiger partial charge in [-0.15, -0.1) is 29.0 Å². The molecular weight excluding hydrogens is 549 g/mol. The Bertz CT molecular complexity index is 1040. The summed E-state index contributed by atoms with van der Waals surface area (Å²) >= 11 is 3.39. The fraction of sp³-hybridized carbons (Fsp3) is 0. The second-order valence-corrected chi connectivity index (χ2v) is 7.34. The number of aromatic nitrogens is 2. The number of fused-ring (bicyclic) bond motifs is 1. The van der Waals surface area contributed by atoms with Crippen molar-refractivity contribution in [1.82, 2.24) is 9.97 Å². The summed E-state index contributed by atoms with van der Waals surface area (Å²) in [5, 5.41) is 3.17. The Morgan fingerprint density at radius 1 is 0.741 bits per heavy atom. The van der Waals surface area contributed by atoms with E-state index in [9.17, 15) is 0 Å². The van der Waals surface area contributed by atoms with Crippen LogP contribution < -0.4 is 0 Å². The van der Waals surface area contributed by atoms with Crippen molar-refractivity contribution in [1.29, 1.82) is 0 Å². The Morgan fingerprint density at radius 2 is 1.41 bits per heavy atom. The summed E-state index contributed by atoms with van der Waals surface area (Å²) in [4.78, 5) is 10.7. The topological polar surface area (TPSA) is 25.8 Å². The van der Waals surface area contributed by atoms with E-state index in [1.165, 1.54) is 10.1 Å². The van der Waals surface area contributed by atoms with Crippen LogP contribution >= 0.6 is 22.7 Å². The van der Waals surface area contributed by atoms with E-state index < -0.39 is 0 Å². The monoisotopic (exact) mass is 563 g/mol. The Kier molecular flexibility index (Phi) is 7.02. The summed E-state index contributed by atoms with van der Waals surface area (Å²) in [5.41, 5.74) is 2.00. The van der Waals surface area contributed by atoms with Crippen molar-refractivity contribution in [3.05, 3.63) is 96.6 Å². The predicted molar refractivity (Wildman–Crippen MR) is 110 cm³/mol. The van der Waals surface area contributed by atoms with E-state index in [0.717, 1.165) is 21.1 Å². The van der Waals surface area contributed by atoms with Crippen LogP contribution in [0.2, 0.25) is 0 Å². The average Bonchev–Trinajstić information content (AvgIpc) is 3.40. The SMILES string of the molecule is [Ir].[c-]1c(-c2ccccn2)sc2ccccc12.[c-]1ccsc1-c1ccccn1. The largest absolute Gasteiger partial charge is 0.319 e. The molecule has 0 bridgehead atoms. The predicted octanol–water partition coefficient (Wildman–Crippen LogP) is 6.37. The molecule has 4 heterocycles. The zero-order chi connectivity index (χ0) is 17.6. The van der Waals surface area contributed by atoms with Crippen molar-refractivity contribution >= 4 is 32.8 Å². The first-order chi connectivity index (χ1) is 12.9. The second kappa shape index (κ2) is 9.67. The van der Waals surface area contributed by atoms with Gasteiger partial charge < -0.3 is 9.97 Å². The molecule has 0 aliphatic rings. The van der Waals surface area contributed by atoms with Gasteiger partial charge in [0.25, 0.3) is 0 Å². The molecule has 1 aromatic carbocycles. The van der Waals surface area contributed by atoms with Crippen molar-refractivity contribution in [2.24, 2.45) is 0 Å². The third-order valence-electron chi connectivity index (χ3n) is 3.61. The minimum Gasteiger partial charge on any atom is -0.319 e. The smallest absolute Gasteiger partial charge is 0.0161 e. The molecule has 0 aliphatic heterocycles. The van der Waals surface area contributed by atoms with Crippen molar-refractivity contribution in [3.63, 3.8) is 0 Å². The molecule has 2 nitrogen and oxygen atoms in total. The Labute approximate surface area is 179 Å². The fourth-order valence-electron chi connectivity index (χ4n) is 2.41. The van der Waals surface area contributed by atoms with Crippen LogP contribution in [0.15, 0.2) is 84.5 Å². The van der Waals surface area contributed by atoms with Gasteiger partial charge in [0.1, 0.15) is 0 Å². The van der Waals surface area contributed by atoms with E-state index >= 15 is 0 Å². The summed E-state index contributed by atoms with van der Waals surface area (Å²) in [6.45, 7) is 0. The van der Waals surface area contributed by atoms with Crippen LogP contribution in [0, 0.1) is 12.1 Å². The minimum absolute atomic E-state index is 0. The van der Waals surface area contributed by atoms with E-state index in [1.54, 1.807) is 28.9 Å². The van der Waals surface area contributed by atoms with Crippen LogP contribution in [0.4, 0.5) is 0 Å². The first-order valence-electron chi connectivity index (χ1n) is 8.09. The van der Waals surface area contributed by atoms with Gasteiger partial charge in [-0.3, -0.25) is 0 Å². The van der Waals surface area contributed by atoms with Gasteiger partial charge >= 0.3 is 0 Å². The quantitative estimate of drug-likeness (QED) is 0.234. The van der Waals surface area contributed by atoms with Crippen molar-refractivity contribution in [3.8, 4) is 21.1 Å². The van der Waals surface area contributed by atoms with Crippen LogP contribution in [0.1, 0.15) is 0 Å². The van der Waals surface area contributed by atoms with Crippen LogP contribution in [0.25, 0.3) is 31.2 Å². The molecule has 0 N–H and O–H groups in total. The first kappa shape index (κ1) is 19.6. The molecule has 0 atom stereocenters. The third kappa shape index (κ3) is 4.96. The normalized spacial score (nSPS) is 9.93. The standard InChI is InChI=1S/C13H8NS.C9H6NS.Ir/c1-2-7-12-10(5-1)9-13(15-12)11-6-3-4-8-14-11;1-2-6-10-8(4-1)9-5-3-7-11-9;/h1-8H;1-4,6-7H;/q2*-1;. The molecule has 0 spiro atoms. The van der Waals surface area contributed by atoms with Crippen molar-refractivity contribution in [2.45, 2.75) is 0 Å². The van der Waals surface area contributed by atoms with E-state index in [0.29, 0.717) is 0 Å². The molecule has 27 heavy (non-hydrogen) atoms. The summed E-state index contributed by atoms with van der Waals surface area (Å²) in [6, 6.07) is 28.5. The zero-order valence-corrected chi connectivity index (χ0v) is 18.2. The van der Waals surface area contributed by atoms with E-state index in [2.05, 4.69) is 40.3 Å². The number of benzene rings is 1. The number of hydrogen-bond donors (Lipinski definition) is 0. The molecule has 0 saturated carbocycles. The maximum absolute atomic E-state index is 4.32. The number of hydrogen-bond acceptors (Lipinski definition) is 4. The van der Waals surface area contributed by atoms with Gasteiger partial charge in [-0.2, -0.15) is 12.1 Å². The molecule has 5 rings (SSSR count). The summed E-state index contributed by atoms with van der Waals surface area (Å²) in [5.74, 6) is 0. The molecule has 5 heteroatoms. The van der Waals surface area contributed by atoms with Crippen molar-refractivity contribution in [2.75, 3.05) is 0 Å². The fourth-order valence-corrected chi connectivity index (χ4v) is 4.04. The van der Waals surface area contributed by atoms with E-state index in [4.69, 9.17) is 0 Å². The van der Waals surface area contributed by atoms with Gasteiger partial charge in [0.05, 0.1) is 0 Å². The Morgan fingerprint density at radius 3 is 2.00 bits per heavy atom. The average molecular weight is 563 g/mol. The molecule has 135 valence electrons. The maximum Gasteiger partial charge on any atom is 0.0161 e. The maximum atomic E-state index is 4.32. The van der Waals surface area contributed by atoms with Gasteiger partial charge in [0.15, 0.2) is 0 Å². The number of rotatable bonds is 2. The molecule has 5 aromatic rings. The van der Waals surface area contributed by atoms with Crippen LogP contribution in [0.5, 0.6) is 0 Å². The number of pyridine rings is 2. The van der Waals surface area contributed by atoms with Crippen LogP contribution in [-0.2, 0) is 20.1 Å². The van der Waals surface area contributed by atoms with E-state index in [-0.39, 0.29) is 20.1 Å². The number of thiophene rings is 2. The van der Waals surface area contributed by atoms with Crippen LogP contribution in [0.3, 0.4) is 0 Å². The summed E-state index contributed by atoms with van der Waals surface area (Å²) in [6.07, 6.45) is 3.61. The zero-order valence-electron chi connectivity index (χ0n) is 14.1. The van der Waals surface area contributed by atoms with Crippen LogP contribution in [-0.4, -0.2) is 9.97 Å². The Balaban J connectivity index is 0.000000157. The Hall–Kier alpha value is -2.17. The molecule has 0 fully saturated rings. The number of nitrogens with zero attached hydrogens (tertiary/aromatic N) is 2. The molecule has 1 radical (unpaired) electrons. The summed E-state index contributed by atoms with van der Waals surface area (Å²) in [7, 11) is 0.